The molecule has 1 aromatic rings. The summed E-state index contributed by atoms with van der Waals surface area (Å²) in [5, 5.41) is 9.19. The molecule has 0 bridgehead atoms. The molecule has 0 unspecified atom stereocenters. The topological polar surface area (TPSA) is 77.9 Å². The molecular formula is C15H15FN2O4. The summed E-state index contributed by atoms with van der Waals surface area (Å²) in [5.74, 6) is -2.71. The molecule has 2 aliphatic heterocycles. The summed E-state index contributed by atoms with van der Waals surface area (Å²) in [5.41, 5.74) is -0.250. The third-order valence-electron chi connectivity index (χ3n) is 4.02. The van der Waals surface area contributed by atoms with Gasteiger partial charge in [-0.3, -0.25) is 9.59 Å². The molecule has 0 aromatic heterocycles. The molecule has 7 heteroatoms. The highest BCUT2D eigenvalue weighted by Crippen LogP contribution is 2.33. The zero-order valence-electron chi connectivity index (χ0n) is 11.8. The monoisotopic (exact) mass is 306 g/mol. The van der Waals surface area contributed by atoms with E-state index in [4.69, 9.17) is 0 Å². The molecule has 6 nitrogen and oxygen atoms in total. The summed E-state index contributed by atoms with van der Waals surface area (Å²) >= 11 is 0. The Hall–Kier alpha value is -2.44. The second kappa shape index (κ2) is 5.40. The maximum atomic E-state index is 14.4. The first-order valence-corrected chi connectivity index (χ1v) is 7.16. The van der Waals surface area contributed by atoms with E-state index in [1.165, 1.54) is 15.9 Å². The number of carbonyl (C=O) groups excluding carboxylic acids is 2. The Morgan fingerprint density at radius 3 is 2.14 bits per heavy atom. The van der Waals surface area contributed by atoms with Crippen LogP contribution in [0.15, 0.2) is 12.1 Å². The molecule has 3 rings (SSSR count). The largest absolute Gasteiger partial charge is 0.478 e. The van der Waals surface area contributed by atoms with Crippen molar-refractivity contribution in [1.82, 2.24) is 0 Å². The Balaban J connectivity index is 2.11. The van der Waals surface area contributed by atoms with Crippen molar-refractivity contribution < 1.29 is 23.9 Å². The van der Waals surface area contributed by atoms with Crippen molar-refractivity contribution in [2.24, 2.45) is 0 Å². The van der Waals surface area contributed by atoms with Crippen LogP contribution < -0.4 is 9.80 Å². The van der Waals surface area contributed by atoms with Crippen LogP contribution in [0.25, 0.3) is 0 Å². The SMILES string of the molecule is O=C(O)c1cc(N2CCCC2=O)cc(N2CCCC2=O)c1F. The molecule has 0 radical (unpaired) electrons. The predicted octanol–water partition coefficient (Wildman–Crippen LogP) is 1.78. The molecule has 2 aliphatic rings. The minimum atomic E-state index is -1.42. The molecule has 2 fully saturated rings. The van der Waals surface area contributed by atoms with E-state index in [1.807, 2.05) is 0 Å². The van der Waals surface area contributed by atoms with Gasteiger partial charge in [0, 0.05) is 31.6 Å². The number of carboxylic acids is 1. The van der Waals surface area contributed by atoms with Crippen LogP contribution in [0.1, 0.15) is 36.0 Å². The van der Waals surface area contributed by atoms with Crippen LogP contribution in [0.2, 0.25) is 0 Å². The number of amides is 2. The quantitative estimate of drug-likeness (QED) is 0.923. The van der Waals surface area contributed by atoms with Gasteiger partial charge in [0.15, 0.2) is 5.82 Å². The number of aromatic carboxylic acids is 1. The van der Waals surface area contributed by atoms with E-state index >= 15 is 0 Å². The van der Waals surface area contributed by atoms with Gasteiger partial charge in [-0.25, -0.2) is 9.18 Å². The molecular weight excluding hydrogens is 291 g/mol. The van der Waals surface area contributed by atoms with Gasteiger partial charge in [-0.1, -0.05) is 0 Å². The molecule has 2 saturated heterocycles. The van der Waals surface area contributed by atoms with Crippen LogP contribution in [0.5, 0.6) is 0 Å². The number of hydrogen-bond acceptors (Lipinski definition) is 3. The first-order chi connectivity index (χ1) is 10.5. The number of carbonyl (C=O) groups is 3. The zero-order chi connectivity index (χ0) is 15.9. The Morgan fingerprint density at radius 1 is 1.05 bits per heavy atom. The van der Waals surface area contributed by atoms with Crippen molar-refractivity contribution in [2.75, 3.05) is 22.9 Å². The van der Waals surface area contributed by atoms with E-state index in [9.17, 15) is 23.9 Å². The van der Waals surface area contributed by atoms with Crippen molar-refractivity contribution >= 4 is 29.2 Å². The predicted molar refractivity (Wildman–Crippen MR) is 76.5 cm³/mol. The van der Waals surface area contributed by atoms with Crippen molar-refractivity contribution in [3.8, 4) is 0 Å². The maximum Gasteiger partial charge on any atom is 0.338 e. The Labute approximate surface area is 126 Å². The van der Waals surface area contributed by atoms with Gasteiger partial charge >= 0.3 is 5.97 Å². The fourth-order valence-corrected chi connectivity index (χ4v) is 2.93. The van der Waals surface area contributed by atoms with E-state index in [0.29, 0.717) is 44.5 Å². The molecule has 1 aromatic carbocycles. The molecule has 2 heterocycles. The Morgan fingerprint density at radius 2 is 1.64 bits per heavy atom. The van der Waals surface area contributed by atoms with Crippen LogP contribution in [-0.2, 0) is 9.59 Å². The zero-order valence-corrected chi connectivity index (χ0v) is 11.8. The summed E-state index contributed by atoms with van der Waals surface area (Å²) < 4.78 is 14.4. The summed E-state index contributed by atoms with van der Waals surface area (Å²) in [6.07, 6.45) is 1.98. The van der Waals surface area contributed by atoms with Crippen molar-refractivity contribution in [2.45, 2.75) is 25.7 Å². The number of rotatable bonds is 3. The Bertz CT molecular complexity index is 674. The molecule has 2 amide bonds. The van der Waals surface area contributed by atoms with Gasteiger partial charge in [0.1, 0.15) is 0 Å². The lowest BCUT2D eigenvalue weighted by Crippen LogP contribution is -2.28. The first-order valence-electron chi connectivity index (χ1n) is 7.16. The van der Waals surface area contributed by atoms with Crippen molar-refractivity contribution in [3.63, 3.8) is 0 Å². The van der Waals surface area contributed by atoms with Crippen LogP contribution in [0.4, 0.5) is 15.8 Å². The minimum absolute atomic E-state index is 0.0582. The molecule has 22 heavy (non-hydrogen) atoms. The van der Waals surface area contributed by atoms with Gasteiger partial charge in [0.25, 0.3) is 0 Å². The highest BCUT2D eigenvalue weighted by molar-refractivity contribution is 6.01. The summed E-state index contributed by atoms with van der Waals surface area (Å²) in [4.78, 5) is 37.6. The van der Waals surface area contributed by atoms with Crippen LogP contribution in [0, 0.1) is 5.82 Å². The number of nitrogens with zero attached hydrogens (tertiary/aromatic N) is 2. The van der Waals surface area contributed by atoms with Gasteiger partial charge in [0.2, 0.25) is 11.8 Å². The number of hydrogen-bond donors (Lipinski definition) is 1. The fraction of sp³-hybridized carbons (Fsp3) is 0.400. The lowest BCUT2D eigenvalue weighted by molar-refractivity contribution is -0.117. The molecule has 0 atom stereocenters. The van der Waals surface area contributed by atoms with Crippen LogP contribution in [0.3, 0.4) is 0 Å². The summed E-state index contributed by atoms with van der Waals surface area (Å²) in [6, 6.07) is 2.55. The maximum absolute atomic E-state index is 14.4. The Kier molecular flexibility index (Phi) is 3.56. The van der Waals surface area contributed by atoms with E-state index in [2.05, 4.69) is 0 Å². The summed E-state index contributed by atoms with van der Waals surface area (Å²) in [7, 11) is 0. The van der Waals surface area contributed by atoms with Crippen molar-refractivity contribution in [3.05, 3.63) is 23.5 Å². The average Bonchev–Trinajstić information content (AvgIpc) is 3.07. The highest BCUT2D eigenvalue weighted by atomic mass is 19.1. The van der Waals surface area contributed by atoms with Gasteiger partial charge < -0.3 is 14.9 Å². The van der Waals surface area contributed by atoms with Gasteiger partial charge in [-0.2, -0.15) is 0 Å². The van der Waals surface area contributed by atoms with Crippen LogP contribution >= 0.6 is 0 Å². The standard InChI is InChI=1S/C15H15FN2O4/c16-14-10(15(21)22)7-9(17-5-1-3-12(17)19)8-11(14)18-6-2-4-13(18)20/h7-8H,1-6H2,(H,21,22). The molecule has 0 aliphatic carbocycles. The minimum Gasteiger partial charge on any atom is -0.478 e. The lowest BCUT2D eigenvalue weighted by Gasteiger charge is -2.22. The van der Waals surface area contributed by atoms with Gasteiger partial charge in [0.05, 0.1) is 11.3 Å². The highest BCUT2D eigenvalue weighted by Gasteiger charge is 2.30. The van der Waals surface area contributed by atoms with E-state index < -0.39 is 17.3 Å². The van der Waals surface area contributed by atoms with Crippen molar-refractivity contribution in [1.29, 1.82) is 0 Å². The van der Waals surface area contributed by atoms with Crippen LogP contribution in [-0.4, -0.2) is 36.0 Å². The number of anilines is 2. The molecule has 0 saturated carbocycles. The number of benzene rings is 1. The average molecular weight is 306 g/mol. The second-order valence-corrected chi connectivity index (χ2v) is 5.43. The third-order valence-corrected chi connectivity index (χ3v) is 4.02. The normalized spacial score (nSPS) is 18.4. The number of halogens is 1. The first kappa shape index (κ1) is 14.5. The van der Waals surface area contributed by atoms with Gasteiger partial charge in [-0.05, 0) is 25.0 Å². The van der Waals surface area contributed by atoms with E-state index in [-0.39, 0.29) is 17.5 Å². The lowest BCUT2D eigenvalue weighted by atomic mass is 10.1. The van der Waals surface area contributed by atoms with E-state index in [0.717, 1.165) is 6.07 Å². The third kappa shape index (κ3) is 2.32. The molecule has 1 N–H and O–H groups in total. The second-order valence-electron chi connectivity index (χ2n) is 5.43. The fourth-order valence-electron chi connectivity index (χ4n) is 2.93. The molecule has 116 valence electrons. The number of carboxylic acid groups (broad SMARTS) is 1. The smallest absolute Gasteiger partial charge is 0.338 e. The van der Waals surface area contributed by atoms with E-state index in [1.54, 1.807) is 0 Å². The molecule has 0 spiro atoms. The summed E-state index contributed by atoms with van der Waals surface area (Å²) in [6.45, 7) is 0.823. The van der Waals surface area contributed by atoms with Gasteiger partial charge in [-0.15, -0.1) is 0 Å².